The van der Waals surface area contributed by atoms with Crippen LogP contribution in [0.5, 0.6) is 5.75 Å². The van der Waals surface area contributed by atoms with E-state index in [2.05, 4.69) is 0 Å². The molecule has 0 aliphatic heterocycles. The first-order valence-corrected chi connectivity index (χ1v) is 6.24. The molecule has 1 aliphatic carbocycles. The van der Waals surface area contributed by atoms with Crippen LogP contribution < -0.4 is 4.74 Å². The molecule has 2 unspecified atom stereocenters. The first-order chi connectivity index (χ1) is 9.11. The molecule has 4 nitrogen and oxygen atoms in total. The lowest BCUT2D eigenvalue weighted by Gasteiger charge is -2.34. The Morgan fingerprint density at radius 3 is 2.84 bits per heavy atom. The Morgan fingerprint density at radius 1 is 1.42 bits per heavy atom. The van der Waals surface area contributed by atoms with Crippen LogP contribution in [0, 0.1) is 5.82 Å². The highest BCUT2D eigenvalue weighted by Crippen LogP contribution is 2.31. The van der Waals surface area contributed by atoms with Gasteiger partial charge in [0.05, 0.1) is 18.2 Å². The molecule has 1 aromatic carbocycles. The van der Waals surface area contributed by atoms with Crippen LogP contribution in [0.25, 0.3) is 0 Å². The van der Waals surface area contributed by atoms with Crippen molar-refractivity contribution in [3.8, 4) is 5.75 Å². The minimum absolute atomic E-state index is 0.0145. The Balaban J connectivity index is 1.93. The second-order valence-electron chi connectivity index (χ2n) is 4.19. The number of benzene rings is 1. The van der Waals surface area contributed by atoms with Crippen molar-refractivity contribution in [3.63, 3.8) is 0 Å². The van der Waals surface area contributed by atoms with Gasteiger partial charge in [-0.1, -0.05) is 11.6 Å². The van der Waals surface area contributed by atoms with E-state index in [0.29, 0.717) is 19.0 Å². The van der Waals surface area contributed by atoms with Gasteiger partial charge in [0.25, 0.3) is 0 Å². The molecule has 1 saturated carbocycles. The van der Waals surface area contributed by atoms with Crippen molar-refractivity contribution < 1.29 is 23.4 Å². The average Bonchev–Trinajstić information content (AvgIpc) is 2.37. The lowest BCUT2D eigenvalue weighted by atomic mass is 9.90. The topological polar surface area (TPSA) is 44.8 Å². The molecule has 1 aromatic rings. The Hall–Kier alpha value is -1.17. The summed E-state index contributed by atoms with van der Waals surface area (Å²) >= 11 is 5.85. The summed E-state index contributed by atoms with van der Waals surface area (Å²) in [6.07, 6.45) is -0.714. The molecule has 0 spiro atoms. The summed E-state index contributed by atoms with van der Waals surface area (Å²) in [6, 6.07) is 3.85. The van der Waals surface area contributed by atoms with E-state index in [4.69, 9.17) is 25.8 Å². The highest BCUT2D eigenvalue weighted by atomic mass is 35.5. The highest BCUT2D eigenvalue weighted by molar-refractivity contribution is 6.32. The van der Waals surface area contributed by atoms with Crippen LogP contribution in [0.2, 0.25) is 5.02 Å². The zero-order valence-corrected chi connectivity index (χ0v) is 11.2. The standard InChI is InChI=1S/C13H14ClFO4/c1-17-4-5-18-13-10(16)7-12(13)19-11-3-2-8(15)6-9(11)14/h2-3,6,12-13H,4-5,7H2,1H3. The summed E-state index contributed by atoms with van der Waals surface area (Å²) in [7, 11) is 1.55. The number of rotatable bonds is 6. The number of methoxy groups -OCH3 is 1. The molecule has 2 atom stereocenters. The summed E-state index contributed by atoms with van der Waals surface area (Å²) < 4.78 is 28.7. The molecule has 0 radical (unpaired) electrons. The van der Waals surface area contributed by atoms with Gasteiger partial charge >= 0.3 is 0 Å². The van der Waals surface area contributed by atoms with Crippen molar-refractivity contribution in [2.24, 2.45) is 0 Å². The van der Waals surface area contributed by atoms with Crippen LogP contribution in [0.3, 0.4) is 0 Å². The third-order valence-corrected chi connectivity index (χ3v) is 3.11. The molecule has 104 valence electrons. The number of hydrogen-bond donors (Lipinski definition) is 0. The summed E-state index contributed by atoms with van der Waals surface area (Å²) in [4.78, 5) is 11.4. The molecule has 1 aliphatic rings. The van der Waals surface area contributed by atoms with Gasteiger partial charge < -0.3 is 14.2 Å². The summed E-state index contributed by atoms with van der Waals surface area (Å²) in [5.74, 6) is -0.102. The monoisotopic (exact) mass is 288 g/mol. The molecular weight excluding hydrogens is 275 g/mol. The molecule has 0 bridgehead atoms. The maximum atomic E-state index is 12.9. The molecule has 19 heavy (non-hydrogen) atoms. The van der Waals surface area contributed by atoms with Gasteiger partial charge in [-0.15, -0.1) is 0 Å². The number of halogens is 2. The normalized spacial score (nSPS) is 22.2. The van der Waals surface area contributed by atoms with Gasteiger partial charge in [0.2, 0.25) is 0 Å². The van der Waals surface area contributed by atoms with E-state index in [0.717, 1.165) is 6.07 Å². The minimum Gasteiger partial charge on any atom is -0.485 e. The van der Waals surface area contributed by atoms with E-state index in [-0.39, 0.29) is 23.3 Å². The number of carbonyl (C=O) groups excluding carboxylic acids is 1. The Bertz CT molecular complexity index is 466. The fourth-order valence-corrected chi connectivity index (χ4v) is 1.98. The van der Waals surface area contributed by atoms with Crippen molar-refractivity contribution in [1.82, 2.24) is 0 Å². The lowest BCUT2D eigenvalue weighted by Crippen LogP contribution is -2.52. The SMILES string of the molecule is COCCOC1C(=O)CC1Oc1ccc(F)cc1Cl. The quantitative estimate of drug-likeness (QED) is 0.753. The first-order valence-electron chi connectivity index (χ1n) is 5.87. The third kappa shape index (κ3) is 3.43. The van der Waals surface area contributed by atoms with E-state index in [1.807, 2.05) is 0 Å². The lowest BCUT2D eigenvalue weighted by molar-refractivity contribution is -0.156. The maximum Gasteiger partial charge on any atom is 0.169 e. The number of Topliss-reactive ketones (excluding diaryl/α,β-unsaturated/α-hetero) is 1. The van der Waals surface area contributed by atoms with Gasteiger partial charge in [0.1, 0.15) is 17.7 Å². The van der Waals surface area contributed by atoms with Gasteiger partial charge in [-0.25, -0.2) is 4.39 Å². The van der Waals surface area contributed by atoms with Crippen LogP contribution in [-0.2, 0) is 14.3 Å². The fourth-order valence-electron chi connectivity index (χ4n) is 1.76. The van der Waals surface area contributed by atoms with Gasteiger partial charge in [-0.3, -0.25) is 4.79 Å². The van der Waals surface area contributed by atoms with E-state index < -0.39 is 11.9 Å². The van der Waals surface area contributed by atoms with Crippen molar-refractivity contribution >= 4 is 17.4 Å². The largest absolute Gasteiger partial charge is 0.485 e. The zero-order valence-electron chi connectivity index (χ0n) is 10.4. The Kier molecular flexibility index (Phi) is 4.74. The Labute approximate surface area is 115 Å². The molecule has 6 heteroatoms. The predicted molar refractivity (Wildman–Crippen MR) is 67.1 cm³/mol. The molecule has 0 saturated heterocycles. The van der Waals surface area contributed by atoms with Crippen LogP contribution in [-0.4, -0.2) is 38.3 Å². The van der Waals surface area contributed by atoms with Gasteiger partial charge in [0, 0.05) is 13.5 Å². The predicted octanol–water partition coefficient (Wildman–Crippen LogP) is 2.23. The van der Waals surface area contributed by atoms with Crippen LogP contribution in [0.1, 0.15) is 6.42 Å². The first kappa shape index (κ1) is 14.2. The van der Waals surface area contributed by atoms with Crippen molar-refractivity contribution in [1.29, 1.82) is 0 Å². The molecule has 0 heterocycles. The fraction of sp³-hybridized carbons (Fsp3) is 0.462. The maximum absolute atomic E-state index is 12.9. The van der Waals surface area contributed by atoms with Crippen molar-refractivity contribution in [2.45, 2.75) is 18.6 Å². The molecule has 0 N–H and O–H groups in total. The van der Waals surface area contributed by atoms with Crippen LogP contribution in [0.15, 0.2) is 18.2 Å². The summed E-state index contributed by atoms with van der Waals surface area (Å²) in [5.41, 5.74) is 0. The van der Waals surface area contributed by atoms with Gasteiger partial charge in [0.15, 0.2) is 11.9 Å². The number of hydrogen-bond acceptors (Lipinski definition) is 4. The molecule has 1 fully saturated rings. The highest BCUT2D eigenvalue weighted by Gasteiger charge is 2.42. The molecule has 2 rings (SSSR count). The summed E-state index contributed by atoms with van der Waals surface area (Å²) in [5, 5.41) is 0.176. The molecular formula is C13H14ClFO4. The van der Waals surface area contributed by atoms with E-state index >= 15 is 0 Å². The van der Waals surface area contributed by atoms with E-state index in [1.165, 1.54) is 12.1 Å². The zero-order chi connectivity index (χ0) is 13.8. The van der Waals surface area contributed by atoms with Crippen LogP contribution in [0.4, 0.5) is 4.39 Å². The van der Waals surface area contributed by atoms with Gasteiger partial charge in [-0.05, 0) is 18.2 Å². The minimum atomic E-state index is -0.601. The van der Waals surface area contributed by atoms with Crippen LogP contribution >= 0.6 is 11.6 Å². The van der Waals surface area contributed by atoms with Crippen molar-refractivity contribution in [2.75, 3.05) is 20.3 Å². The van der Waals surface area contributed by atoms with E-state index in [1.54, 1.807) is 7.11 Å². The Morgan fingerprint density at radius 2 is 2.21 bits per heavy atom. The summed E-state index contributed by atoms with van der Waals surface area (Å²) in [6.45, 7) is 0.734. The number of carbonyl (C=O) groups is 1. The van der Waals surface area contributed by atoms with Crippen molar-refractivity contribution in [3.05, 3.63) is 29.0 Å². The molecule has 0 aromatic heterocycles. The van der Waals surface area contributed by atoms with Gasteiger partial charge in [-0.2, -0.15) is 0 Å². The number of ketones is 1. The third-order valence-electron chi connectivity index (χ3n) is 2.81. The smallest absolute Gasteiger partial charge is 0.169 e. The average molecular weight is 289 g/mol. The number of ether oxygens (including phenoxy) is 3. The molecule has 0 amide bonds. The second kappa shape index (κ2) is 6.32. The van der Waals surface area contributed by atoms with E-state index in [9.17, 15) is 9.18 Å². The second-order valence-corrected chi connectivity index (χ2v) is 4.59.